The van der Waals surface area contributed by atoms with Crippen molar-refractivity contribution in [3.05, 3.63) is 311 Å². The van der Waals surface area contributed by atoms with Gasteiger partial charge in [-0.15, -0.1) is 0 Å². The standard InChI is InChI=1S/C14H10BrClFN3O.C13H9Br2N3O.C13H8BrCl2N3O.C13H9BrClN3O.C13H8BrF2N3O.C13H9BrFN3O/c1-7-2-8(10(17)3-9(7)16)14-11(6-21)20-5-12(15)18-4-13(20)19-14;14-9-3-1-8(2-4-9)13-10(7-19)18-6-11(15)16-5-12(18)17-13;14-11-5-19-10(6-20)13(18-12(19)4-17-11)8-2-1-7(15)3-9(8)16;14-11-6-18-10(7-19)13(17-12(18)5-16-11)8-1-3-9(15)4-2-8;14-11-5-19-10(6-20)13(18-12(19)4-17-11)8-2-1-7(15)3-9(8)16;14-11-6-18-10(7-19)13(17-12(18)5-16-11)8-1-3-9(15)4-2-8/h2-5,21H,6H2,1H3;1-6,19H,7H2;1-5,20H,6H2;1-6,19H,7H2;1-5,20H,6H2;1-6,19H,7H2. The Hall–Kier alpha value is -8.96. The first-order chi connectivity index (χ1) is 56.8. The predicted octanol–water partition coefficient (Wildman–Crippen LogP) is 20.1. The number of benzene rings is 6. The number of imidazole rings is 6. The molecular weight excluding hydrogens is 2070 g/mol. The van der Waals surface area contributed by atoms with Crippen molar-refractivity contribution in [1.82, 2.24) is 86.2 Å². The molecule has 600 valence electrons. The Morgan fingerprint density at radius 2 is 0.576 bits per heavy atom. The number of hydrogen-bond donors (Lipinski definition) is 6. The molecule has 39 heteroatoms. The van der Waals surface area contributed by atoms with Crippen LogP contribution in [0.3, 0.4) is 0 Å². The number of halogens is 15. The zero-order valence-corrected chi connectivity index (χ0v) is 74.2. The minimum Gasteiger partial charge on any atom is -0.390 e. The van der Waals surface area contributed by atoms with E-state index in [1.165, 1.54) is 30.5 Å². The number of aryl methyl sites for hydroxylation is 1. The van der Waals surface area contributed by atoms with Gasteiger partial charge in [0.05, 0.1) is 150 Å². The van der Waals surface area contributed by atoms with E-state index in [-0.39, 0.29) is 56.7 Å². The van der Waals surface area contributed by atoms with Crippen LogP contribution in [0, 0.1) is 30.2 Å². The summed E-state index contributed by atoms with van der Waals surface area (Å²) in [6, 6.07) is 32.5. The van der Waals surface area contributed by atoms with Crippen molar-refractivity contribution in [2.24, 2.45) is 0 Å². The van der Waals surface area contributed by atoms with E-state index in [0.29, 0.717) is 127 Å². The summed E-state index contributed by atoms with van der Waals surface area (Å²) >= 11 is 47.0. The van der Waals surface area contributed by atoms with Gasteiger partial charge in [0.25, 0.3) is 0 Å². The zero-order valence-electron chi connectivity index (χ0n) is 60.1. The molecule has 0 amide bonds. The number of fused-ring (bicyclic) bond motifs is 6. The van der Waals surface area contributed by atoms with Crippen molar-refractivity contribution in [3.63, 3.8) is 0 Å². The second-order valence-corrected chi connectivity index (χ2v) is 32.3. The van der Waals surface area contributed by atoms with Gasteiger partial charge in [0.15, 0.2) is 33.9 Å². The second-order valence-electron chi connectivity index (χ2n) is 24.9. The fraction of sp³-hybridized carbons (Fsp3) is 0.0886. The Kier molecular flexibility index (Phi) is 28.4. The van der Waals surface area contributed by atoms with E-state index in [2.05, 4.69) is 171 Å². The number of rotatable bonds is 12. The SMILES string of the molecule is Cc1cc(-c2nc3cnc(Br)cn3c2CO)c(F)cc1Cl.OCc1c(-c2ccc(Br)cc2)nc2cnc(Br)cn12.OCc1c(-c2ccc(Cl)cc2)nc2cnc(Br)cn12.OCc1c(-c2ccc(Cl)cc2Cl)nc2cnc(Br)cn12.OCc1c(-c2ccc(F)cc2)nc2cnc(Br)cn12.OCc1c(-c2ccc(F)cc2F)nc2cnc(Br)cn12. The molecule has 18 aromatic rings. The van der Waals surface area contributed by atoms with Gasteiger partial charge in [-0.05, 0) is 199 Å². The molecule has 12 aromatic heterocycles. The lowest BCUT2D eigenvalue weighted by Crippen LogP contribution is -1.96. The molecule has 0 aliphatic rings. The Bertz CT molecular complexity index is 6310. The fourth-order valence-corrected chi connectivity index (χ4v) is 15.0. The normalized spacial score (nSPS) is 11.2. The van der Waals surface area contributed by atoms with Crippen LogP contribution in [0.15, 0.2) is 228 Å². The fourth-order valence-electron chi connectivity index (χ4n) is 12.2. The summed E-state index contributed by atoms with van der Waals surface area (Å²) in [4.78, 5) is 51.1. The first kappa shape index (κ1) is 86.9. The van der Waals surface area contributed by atoms with Crippen molar-refractivity contribution in [2.75, 3.05) is 0 Å². The highest BCUT2D eigenvalue weighted by atomic mass is 79.9. The molecule has 0 radical (unpaired) electrons. The third-order valence-electron chi connectivity index (χ3n) is 17.6. The summed E-state index contributed by atoms with van der Waals surface area (Å²) in [7, 11) is 0. The number of aliphatic hydroxyl groups excluding tert-OH is 6. The molecule has 0 atom stereocenters. The second kappa shape index (κ2) is 38.6. The smallest absolute Gasteiger partial charge is 0.156 e. The van der Waals surface area contributed by atoms with Gasteiger partial charge in [-0.25, -0.2) is 77.4 Å². The molecule has 0 bridgehead atoms. The van der Waals surface area contributed by atoms with Gasteiger partial charge in [0, 0.05) is 96.2 Å². The van der Waals surface area contributed by atoms with Crippen LogP contribution in [0.1, 0.15) is 39.7 Å². The molecule has 118 heavy (non-hydrogen) atoms. The van der Waals surface area contributed by atoms with Crippen LogP contribution >= 0.6 is 158 Å². The summed E-state index contributed by atoms with van der Waals surface area (Å²) in [5.41, 5.74) is 15.3. The van der Waals surface area contributed by atoms with Crippen molar-refractivity contribution in [1.29, 1.82) is 0 Å². The molecule has 0 spiro atoms. The van der Waals surface area contributed by atoms with Gasteiger partial charge >= 0.3 is 0 Å². The van der Waals surface area contributed by atoms with E-state index in [4.69, 9.17) is 46.4 Å². The quantitative estimate of drug-likeness (QED) is 0.0619. The maximum Gasteiger partial charge on any atom is 0.156 e. The molecule has 0 unspecified atom stereocenters. The molecule has 6 N–H and O–H groups in total. The number of aliphatic hydroxyl groups is 6. The molecule has 0 saturated heterocycles. The average Bonchev–Trinajstić information content (AvgIpc) is 1.65. The average molecular weight is 2130 g/mol. The monoisotopic (exact) mass is 2120 g/mol. The lowest BCUT2D eigenvalue weighted by Gasteiger charge is -2.06. The maximum absolute atomic E-state index is 14.2. The first-order valence-electron chi connectivity index (χ1n) is 34.2. The van der Waals surface area contributed by atoms with E-state index in [9.17, 15) is 48.2 Å². The zero-order chi connectivity index (χ0) is 83.9. The molecule has 12 heterocycles. The van der Waals surface area contributed by atoms with Gasteiger partial charge in [-0.3, -0.25) is 26.4 Å². The largest absolute Gasteiger partial charge is 0.390 e. The summed E-state index contributed by atoms with van der Waals surface area (Å²) in [6.45, 7) is 0.685. The van der Waals surface area contributed by atoms with E-state index in [1.54, 1.807) is 141 Å². The van der Waals surface area contributed by atoms with Crippen LogP contribution in [-0.2, 0) is 39.6 Å². The van der Waals surface area contributed by atoms with Crippen molar-refractivity contribution >= 4 is 192 Å². The van der Waals surface area contributed by atoms with Gasteiger partial charge in [-0.1, -0.05) is 86.6 Å². The lowest BCUT2D eigenvalue weighted by atomic mass is 10.1. The van der Waals surface area contributed by atoms with Crippen molar-refractivity contribution < 1.29 is 48.2 Å². The van der Waals surface area contributed by atoms with Gasteiger partial charge < -0.3 is 30.6 Å². The van der Waals surface area contributed by atoms with E-state index < -0.39 is 17.5 Å². The van der Waals surface area contributed by atoms with Crippen LogP contribution in [-0.4, -0.2) is 117 Å². The first-order valence-corrected chi connectivity index (χ1v) is 41.3. The Balaban J connectivity index is 0.000000123. The Morgan fingerprint density at radius 3 is 0.915 bits per heavy atom. The maximum atomic E-state index is 14.2. The predicted molar refractivity (Wildman–Crippen MR) is 465 cm³/mol. The summed E-state index contributed by atoms with van der Waals surface area (Å²) < 4.78 is 69.3. The van der Waals surface area contributed by atoms with Crippen molar-refractivity contribution in [3.8, 4) is 67.5 Å². The lowest BCUT2D eigenvalue weighted by molar-refractivity contribution is 0.276. The third-order valence-corrected chi connectivity index (χ3v) is 21.8. The molecule has 0 fully saturated rings. The highest BCUT2D eigenvalue weighted by Gasteiger charge is 2.23. The Morgan fingerprint density at radius 1 is 0.297 bits per heavy atom. The van der Waals surface area contributed by atoms with E-state index in [1.807, 2.05) is 45.2 Å². The van der Waals surface area contributed by atoms with Crippen LogP contribution < -0.4 is 0 Å². The molecule has 0 aliphatic heterocycles. The third kappa shape index (κ3) is 19.4. The number of hydrogen-bond acceptors (Lipinski definition) is 18. The summed E-state index contributed by atoms with van der Waals surface area (Å²) in [5, 5.41) is 59.6. The van der Waals surface area contributed by atoms with Crippen LogP contribution in [0.2, 0.25) is 20.1 Å². The minimum atomic E-state index is -0.727. The van der Waals surface area contributed by atoms with Crippen LogP contribution in [0.25, 0.3) is 101 Å². The van der Waals surface area contributed by atoms with Gasteiger partial charge in [0.2, 0.25) is 0 Å². The van der Waals surface area contributed by atoms with Gasteiger partial charge in [-0.2, -0.15) is 0 Å². The number of nitrogens with zero attached hydrogens (tertiary/aromatic N) is 18. The van der Waals surface area contributed by atoms with Gasteiger partial charge in [0.1, 0.15) is 50.9 Å². The number of aromatic nitrogens is 18. The Labute approximate surface area is 744 Å². The minimum absolute atomic E-state index is 0.0803. The highest BCUT2D eigenvalue weighted by molar-refractivity contribution is 9.11. The molecule has 6 aromatic carbocycles. The molecule has 0 aliphatic carbocycles. The van der Waals surface area contributed by atoms with Crippen LogP contribution in [0.5, 0.6) is 0 Å². The van der Waals surface area contributed by atoms with E-state index in [0.717, 1.165) is 67.2 Å². The summed E-state index contributed by atoms with van der Waals surface area (Å²) in [5.74, 6) is -2.17. The molecular formula is C79H53Br7Cl4F4N18O6. The van der Waals surface area contributed by atoms with Crippen molar-refractivity contribution in [2.45, 2.75) is 46.6 Å². The van der Waals surface area contributed by atoms with E-state index >= 15 is 0 Å². The molecule has 0 saturated carbocycles. The highest BCUT2D eigenvalue weighted by Crippen LogP contribution is 2.37. The topological polar surface area (TPSA) is 303 Å². The molecule has 18 rings (SSSR count). The van der Waals surface area contributed by atoms with Crippen LogP contribution in [0.4, 0.5) is 17.6 Å². The molecule has 24 nitrogen and oxygen atoms in total. The summed E-state index contributed by atoms with van der Waals surface area (Å²) in [6.07, 6.45) is 20.0.